The summed E-state index contributed by atoms with van der Waals surface area (Å²) in [5.74, 6) is -7.14. The smallest absolute Gasteiger partial charge is 0.339 e. The molecule has 3 heterocycles. The lowest BCUT2D eigenvalue weighted by Gasteiger charge is -2.36. The van der Waals surface area contributed by atoms with E-state index in [1.165, 1.54) is 6.92 Å². The van der Waals surface area contributed by atoms with Gasteiger partial charge in [-0.1, -0.05) is 19.3 Å². The number of esters is 4. The standard InChI is InChI=1S/C37H53NO15/c1-4-44-31(40)27-29(52-36(50-27)17-11-7-12-18-36)33(42)46-23-22(38-21(3)39)24(26-25(23)48-35(49-26)15-9-6-10-16-35)47-34(43)30-28(32(41)45-5-2)51-37(53-30)19-13-8-14-20-37/h22-30H,4-20H2,1-3H3,(H,38,39)/t22?,23-,24+,25-,26+,27-,28-,29-,30-/m1/s1. The van der Waals surface area contributed by atoms with Crippen LogP contribution in [0.5, 0.6) is 0 Å². The third kappa shape index (κ3) is 7.68. The van der Waals surface area contributed by atoms with E-state index in [0.717, 1.165) is 57.8 Å². The molecule has 53 heavy (non-hydrogen) atoms. The van der Waals surface area contributed by atoms with Crippen LogP contribution in [0.4, 0.5) is 0 Å². The van der Waals surface area contributed by atoms with Gasteiger partial charge < -0.3 is 52.7 Å². The Morgan fingerprint density at radius 1 is 0.509 bits per heavy atom. The van der Waals surface area contributed by atoms with Crippen molar-refractivity contribution in [2.24, 2.45) is 0 Å². The molecule has 1 amide bonds. The molecule has 4 aliphatic carbocycles. The Morgan fingerprint density at radius 2 is 0.830 bits per heavy atom. The van der Waals surface area contributed by atoms with Crippen molar-refractivity contribution in [1.29, 1.82) is 0 Å². The van der Waals surface area contributed by atoms with Crippen LogP contribution >= 0.6 is 0 Å². The van der Waals surface area contributed by atoms with Gasteiger partial charge in [0.1, 0.15) is 18.2 Å². The molecule has 4 saturated carbocycles. The highest BCUT2D eigenvalue weighted by Crippen LogP contribution is 2.49. The SMILES string of the molecule is CCOC(=O)[C@@H]1OC2(CCCCC2)O[C@H]1C(=O)O[C@@H]1C(NC(C)=O)[C@H](OC(=O)[C@@H]2OC3(CCCCC3)O[C@H]2C(=O)OCC)[C@@H]2OC3(CCCCC3)O[C@@H]21. The molecule has 16 nitrogen and oxygen atoms in total. The van der Waals surface area contributed by atoms with Crippen LogP contribution in [-0.2, 0) is 71.3 Å². The molecule has 16 heteroatoms. The number of nitrogens with one attached hydrogen (secondary N) is 1. The van der Waals surface area contributed by atoms with E-state index < -0.39 is 102 Å². The van der Waals surface area contributed by atoms with E-state index in [1.54, 1.807) is 13.8 Å². The summed E-state index contributed by atoms with van der Waals surface area (Å²) in [4.78, 5) is 67.3. The van der Waals surface area contributed by atoms with Crippen LogP contribution in [0.2, 0.25) is 0 Å². The van der Waals surface area contributed by atoms with Gasteiger partial charge in [-0.05, 0) is 52.4 Å². The van der Waals surface area contributed by atoms with Gasteiger partial charge in [0.15, 0.2) is 54.0 Å². The molecule has 1 N–H and O–H groups in total. The number of carbonyl (C=O) groups is 5. The van der Waals surface area contributed by atoms with Crippen molar-refractivity contribution in [3.63, 3.8) is 0 Å². The summed E-state index contributed by atoms with van der Waals surface area (Å²) in [6, 6.07) is -1.16. The lowest BCUT2D eigenvalue weighted by atomic mass is 9.94. The zero-order valence-corrected chi connectivity index (χ0v) is 30.8. The first kappa shape index (κ1) is 38.4. The summed E-state index contributed by atoms with van der Waals surface area (Å²) in [6.07, 6.45) is 0.750. The topological polar surface area (TPSA) is 190 Å². The van der Waals surface area contributed by atoms with Crippen molar-refractivity contribution in [1.82, 2.24) is 5.32 Å². The Labute approximate surface area is 308 Å². The Kier molecular flexibility index (Phi) is 11.4. The highest BCUT2D eigenvalue weighted by atomic mass is 16.8. The van der Waals surface area contributed by atoms with Gasteiger partial charge in [0.05, 0.1) is 13.2 Å². The first-order valence-corrected chi connectivity index (χ1v) is 19.6. The molecule has 0 radical (unpaired) electrons. The van der Waals surface area contributed by atoms with E-state index in [1.807, 2.05) is 0 Å². The maximum absolute atomic E-state index is 14.2. The molecular formula is C37H53NO15. The van der Waals surface area contributed by atoms with Gasteiger partial charge in [-0.3, -0.25) is 4.79 Å². The minimum atomic E-state index is -1.46. The number of amides is 1. The van der Waals surface area contributed by atoms with Crippen LogP contribution in [0, 0.1) is 0 Å². The first-order valence-electron chi connectivity index (χ1n) is 19.6. The third-order valence-corrected chi connectivity index (χ3v) is 11.5. The minimum absolute atomic E-state index is 0.0681. The Morgan fingerprint density at radius 3 is 1.15 bits per heavy atom. The zero-order valence-electron chi connectivity index (χ0n) is 30.8. The van der Waals surface area contributed by atoms with Crippen LogP contribution in [0.3, 0.4) is 0 Å². The molecule has 296 valence electrons. The second-order valence-corrected chi connectivity index (χ2v) is 15.3. The molecule has 3 aliphatic heterocycles. The first-order chi connectivity index (χ1) is 25.5. The van der Waals surface area contributed by atoms with E-state index >= 15 is 0 Å². The van der Waals surface area contributed by atoms with Crippen LogP contribution in [0.25, 0.3) is 0 Å². The van der Waals surface area contributed by atoms with Gasteiger partial charge in [-0.2, -0.15) is 0 Å². The van der Waals surface area contributed by atoms with Gasteiger partial charge in [0, 0.05) is 45.4 Å². The second kappa shape index (κ2) is 15.7. The maximum Gasteiger partial charge on any atom is 0.339 e. The summed E-state index contributed by atoms with van der Waals surface area (Å²) >= 11 is 0. The molecule has 0 bridgehead atoms. The summed E-state index contributed by atoms with van der Waals surface area (Å²) in [5.41, 5.74) is 0. The van der Waals surface area contributed by atoms with Gasteiger partial charge >= 0.3 is 23.9 Å². The molecule has 1 unspecified atom stereocenters. The van der Waals surface area contributed by atoms with Crippen molar-refractivity contribution < 1.29 is 71.3 Å². The molecule has 7 rings (SSSR count). The Hall–Kier alpha value is -2.89. The lowest BCUT2D eigenvalue weighted by molar-refractivity contribution is -0.227. The largest absolute Gasteiger partial charge is 0.464 e. The zero-order chi connectivity index (χ0) is 37.4. The molecule has 7 fully saturated rings. The fourth-order valence-electron chi connectivity index (χ4n) is 9.19. The third-order valence-electron chi connectivity index (χ3n) is 11.5. The number of carbonyl (C=O) groups excluding carboxylic acids is 5. The molecule has 7 aliphatic rings. The summed E-state index contributed by atoms with van der Waals surface area (Å²) in [6.45, 7) is 4.73. The number of hydrogen-bond acceptors (Lipinski definition) is 15. The van der Waals surface area contributed by atoms with Crippen LogP contribution in [0.15, 0.2) is 0 Å². The van der Waals surface area contributed by atoms with E-state index in [0.29, 0.717) is 38.5 Å². The average molecular weight is 752 g/mol. The van der Waals surface area contributed by atoms with Crippen LogP contribution < -0.4 is 5.32 Å². The second-order valence-electron chi connectivity index (χ2n) is 15.3. The molecule has 0 aromatic heterocycles. The highest BCUT2D eigenvalue weighted by molar-refractivity contribution is 5.87. The predicted octanol–water partition coefficient (Wildman–Crippen LogP) is 2.79. The molecular weight excluding hydrogens is 698 g/mol. The summed E-state index contributed by atoms with van der Waals surface area (Å²) in [7, 11) is 0. The Balaban J connectivity index is 1.17. The molecule has 0 aromatic carbocycles. The fourth-order valence-corrected chi connectivity index (χ4v) is 9.19. The van der Waals surface area contributed by atoms with Gasteiger partial charge in [-0.15, -0.1) is 0 Å². The highest BCUT2D eigenvalue weighted by Gasteiger charge is 2.66. The van der Waals surface area contributed by atoms with E-state index in [2.05, 4.69) is 5.32 Å². The van der Waals surface area contributed by atoms with Crippen LogP contribution in [0.1, 0.15) is 117 Å². The summed E-state index contributed by atoms with van der Waals surface area (Å²) < 4.78 is 60.8. The van der Waals surface area contributed by atoms with Crippen molar-refractivity contribution in [3.05, 3.63) is 0 Å². The molecule has 3 spiro atoms. The fraction of sp³-hybridized carbons (Fsp3) is 0.865. The van der Waals surface area contributed by atoms with Gasteiger partial charge in [-0.25, -0.2) is 19.2 Å². The maximum atomic E-state index is 14.2. The number of fused-ring (bicyclic) bond motifs is 1. The quantitative estimate of drug-likeness (QED) is 0.267. The average Bonchev–Trinajstić information content (AvgIpc) is 3.86. The van der Waals surface area contributed by atoms with Gasteiger partial charge in [0.2, 0.25) is 5.91 Å². The Bertz CT molecular complexity index is 1300. The number of rotatable bonds is 9. The molecule has 3 saturated heterocycles. The van der Waals surface area contributed by atoms with Crippen molar-refractivity contribution in [2.45, 2.75) is 189 Å². The van der Waals surface area contributed by atoms with E-state index in [4.69, 9.17) is 47.4 Å². The van der Waals surface area contributed by atoms with Gasteiger partial charge in [0.25, 0.3) is 0 Å². The lowest BCUT2D eigenvalue weighted by Crippen LogP contribution is -2.54. The number of ether oxygens (including phenoxy) is 10. The molecule has 9 atom stereocenters. The van der Waals surface area contributed by atoms with Crippen LogP contribution in [-0.4, -0.2) is 115 Å². The monoisotopic (exact) mass is 751 g/mol. The predicted molar refractivity (Wildman–Crippen MR) is 177 cm³/mol. The molecule has 0 aromatic rings. The number of hydrogen-bond donors (Lipinski definition) is 1. The van der Waals surface area contributed by atoms with Crippen molar-refractivity contribution in [3.8, 4) is 0 Å². The van der Waals surface area contributed by atoms with E-state index in [9.17, 15) is 24.0 Å². The summed E-state index contributed by atoms with van der Waals surface area (Å²) in [5, 5.41) is 2.80. The van der Waals surface area contributed by atoms with E-state index in [-0.39, 0.29) is 13.2 Å². The minimum Gasteiger partial charge on any atom is -0.464 e. The van der Waals surface area contributed by atoms with Crippen molar-refractivity contribution >= 4 is 29.8 Å². The normalized spacial score (nSPS) is 36.5. The van der Waals surface area contributed by atoms with Crippen molar-refractivity contribution in [2.75, 3.05) is 13.2 Å².